The van der Waals surface area contributed by atoms with Gasteiger partial charge in [0.1, 0.15) is 5.82 Å². The topological polar surface area (TPSA) is 38.5 Å². The molecule has 0 unspecified atom stereocenters. The summed E-state index contributed by atoms with van der Waals surface area (Å²) in [7, 11) is 1.65. The normalized spacial score (nSPS) is 10.6. The molecule has 0 aliphatic heterocycles. The first-order valence-corrected chi connectivity index (χ1v) is 5.95. The monoisotopic (exact) mass is 240 g/mol. The first-order valence-electron chi connectivity index (χ1n) is 5.95. The lowest BCUT2D eigenvalue weighted by Gasteiger charge is -2.23. The van der Waals surface area contributed by atoms with E-state index in [1.165, 1.54) is 0 Å². The molecule has 1 aromatic rings. The SMILES string of the molecule is CCN(CCOC)c1ccc(CCN)cc1F. The maximum absolute atomic E-state index is 13.9. The summed E-state index contributed by atoms with van der Waals surface area (Å²) < 4.78 is 18.9. The van der Waals surface area contributed by atoms with Gasteiger partial charge in [0.2, 0.25) is 0 Å². The Morgan fingerprint density at radius 3 is 2.71 bits per heavy atom. The zero-order chi connectivity index (χ0) is 12.7. The molecule has 0 aliphatic carbocycles. The van der Waals surface area contributed by atoms with E-state index in [1.54, 1.807) is 13.2 Å². The fraction of sp³-hybridized carbons (Fsp3) is 0.538. The Kier molecular flexibility index (Phi) is 5.94. The van der Waals surface area contributed by atoms with E-state index in [4.69, 9.17) is 10.5 Å². The molecule has 4 heteroatoms. The van der Waals surface area contributed by atoms with Crippen molar-refractivity contribution in [3.63, 3.8) is 0 Å². The van der Waals surface area contributed by atoms with Crippen molar-refractivity contribution in [2.45, 2.75) is 13.3 Å². The molecule has 0 spiro atoms. The van der Waals surface area contributed by atoms with Gasteiger partial charge in [0.15, 0.2) is 0 Å². The average molecular weight is 240 g/mol. The van der Waals surface area contributed by atoms with Crippen molar-refractivity contribution in [2.75, 3.05) is 38.3 Å². The van der Waals surface area contributed by atoms with Crippen molar-refractivity contribution in [1.82, 2.24) is 0 Å². The van der Waals surface area contributed by atoms with Crippen molar-refractivity contribution in [2.24, 2.45) is 5.73 Å². The third kappa shape index (κ3) is 3.98. The summed E-state index contributed by atoms with van der Waals surface area (Å²) in [4.78, 5) is 1.96. The van der Waals surface area contributed by atoms with Crippen LogP contribution in [0, 0.1) is 5.82 Å². The van der Waals surface area contributed by atoms with Gasteiger partial charge in [-0.05, 0) is 37.6 Å². The van der Waals surface area contributed by atoms with Gasteiger partial charge in [-0.1, -0.05) is 6.07 Å². The zero-order valence-electron chi connectivity index (χ0n) is 10.6. The minimum Gasteiger partial charge on any atom is -0.383 e. The van der Waals surface area contributed by atoms with Gasteiger partial charge in [0, 0.05) is 20.2 Å². The van der Waals surface area contributed by atoms with E-state index in [2.05, 4.69) is 0 Å². The molecule has 17 heavy (non-hydrogen) atoms. The van der Waals surface area contributed by atoms with E-state index in [0.717, 1.165) is 12.1 Å². The van der Waals surface area contributed by atoms with Crippen LogP contribution in [0.25, 0.3) is 0 Å². The highest BCUT2D eigenvalue weighted by molar-refractivity contribution is 5.49. The Labute approximate surface area is 102 Å². The summed E-state index contributed by atoms with van der Waals surface area (Å²) in [6.07, 6.45) is 0.710. The number of nitrogens with zero attached hydrogens (tertiary/aromatic N) is 1. The predicted molar refractivity (Wildman–Crippen MR) is 68.9 cm³/mol. The summed E-state index contributed by atoms with van der Waals surface area (Å²) in [5, 5.41) is 0. The lowest BCUT2D eigenvalue weighted by molar-refractivity contribution is 0.205. The van der Waals surface area contributed by atoms with E-state index in [-0.39, 0.29) is 5.82 Å². The molecule has 0 aromatic heterocycles. The van der Waals surface area contributed by atoms with Crippen LogP contribution in [0.1, 0.15) is 12.5 Å². The molecule has 0 amide bonds. The summed E-state index contributed by atoms with van der Waals surface area (Å²) >= 11 is 0. The van der Waals surface area contributed by atoms with Gasteiger partial charge in [-0.3, -0.25) is 0 Å². The number of hydrogen-bond donors (Lipinski definition) is 1. The highest BCUT2D eigenvalue weighted by atomic mass is 19.1. The number of hydrogen-bond acceptors (Lipinski definition) is 3. The molecule has 0 radical (unpaired) electrons. The Bertz CT molecular complexity index is 344. The molecular formula is C13H21FN2O. The molecule has 0 bridgehead atoms. The molecule has 1 aromatic carbocycles. The predicted octanol–water partition coefficient (Wildman–Crippen LogP) is 1.80. The molecule has 1 rings (SSSR count). The Morgan fingerprint density at radius 2 is 2.18 bits per heavy atom. The Morgan fingerprint density at radius 1 is 1.41 bits per heavy atom. The molecule has 0 heterocycles. The van der Waals surface area contributed by atoms with Crippen molar-refractivity contribution < 1.29 is 9.13 Å². The van der Waals surface area contributed by atoms with Gasteiger partial charge in [-0.25, -0.2) is 4.39 Å². The van der Waals surface area contributed by atoms with Crippen molar-refractivity contribution in [1.29, 1.82) is 0 Å². The van der Waals surface area contributed by atoms with Gasteiger partial charge in [-0.2, -0.15) is 0 Å². The smallest absolute Gasteiger partial charge is 0.146 e. The minimum absolute atomic E-state index is 0.186. The van der Waals surface area contributed by atoms with Crippen molar-refractivity contribution >= 4 is 5.69 Å². The molecule has 2 N–H and O–H groups in total. The number of methoxy groups -OCH3 is 1. The van der Waals surface area contributed by atoms with Crippen LogP contribution in [0.4, 0.5) is 10.1 Å². The van der Waals surface area contributed by atoms with Crippen LogP contribution in [0.2, 0.25) is 0 Å². The number of ether oxygens (including phenoxy) is 1. The third-order valence-electron chi connectivity index (χ3n) is 2.73. The molecule has 0 aliphatic rings. The minimum atomic E-state index is -0.186. The second-order valence-corrected chi connectivity index (χ2v) is 3.90. The molecule has 96 valence electrons. The van der Waals surface area contributed by atoms with Crippen LogP contribution < -0.4 is 10.6 Å². The van der Waals surface area contributed by atoms with Crippen molar-refractivity contribution in [3.8, 4) is 0 Å². The van der Waals surface area contributed by atoms with Gasteiger partial charge in [0.05, 0.1) is 12.3 Å². The van der Waals surface area contributed by atoms with E-state index < -0.39 is 0 Å². The van der Waals surface area contributed by atoms with E-state index in [0.29, 0.717) is 31.8 Å². The fourth-order valence-electron chi connectivity index (χ4n) is 1.78. The number of nitrogens with two attached hydrogens (primary N) is 1. The Hall–Kier alpha value is -1.13. The number of anilines is 1. The third-order valence-corrected chi connectivity index (χ3v) is 2.73. The second-order valence-electron chi connectivity index (χ2n) is 3.90. The molecule has 0 saturated heterocycles. The Balaban J connectivity index is 2.81. The fourth-order valence-corrected chi connectivity index (χ4v) is 1.78. The maximum Gasteiger partial charge on any atom is 0.146 e. The van der Waals surface area contributed by atoms with Gasteiger partial charge in [-0.15, -0.1) is 0 Å². The molecule has 0 atom stereocenters. The van der Waals surface area contributed by atoms with Gasteiger partial charge in [0.25, 0.3) is 0 Å². The van der Waals surface area contributed by atoms with Crippen LogP contribution in [0.15, 0.2) is 18.2 Å². The number of rotatable bonds is 7. The van der Waals surface area contributed by atoms with Crippen molar-refractivity contribution in [3.05, 3.63) is 29.6 Å². The highest BCUT2D eigenvalue weighted by Crippen LogP contribution is 2.20. The largest absolute Gasteiger partial charge is 0.383 e. The summed E-state index contributed by atoms with van der Waals surface area (Å²) in [6.45, 7) is 4.59. The second kappa shape index (κ2) is 7.25. The van der Waals surface area contributed by atoms with E-state index >= 15 is 0 Å². The zero-order valence-corrected chi connectivity index (χ0v) is 10.6. The number of benzene rings is 1. The quantitative estimate of drug-likeness (QED) is 0.790. The maximum atomic E-state index is 13.9. The van der Waals surface area contributed by atoms with Gasteiger partial charge >= 0.3 is 0 Å². The van der Waals surface area contributed by atoms with E-state index in [1.807, 2.05) is 24.0 Å². The van der Waals surface area contributed by atoms with Crippen LogP contribution in [-0.4, -0.2) is 33.4 Å². The van der Waals surface area contributed by atoms with E-state index in [9.17, 15) is 4.39 Å². The lowest BCUT2D eigenvalue weighted by atomic mass is 10.1. The summed E-state index contributed by atoms with van der Waals surface area (Å²) in [5.74, 6) is -0.186. The summed E-state index contributed by atoms with van der Waals surface area (Å²) in [6, 6.07) is 5.32. The lowest BCUT2D eigenvalue weighted by Crippen LogP contribution is -2.27. The summed E-state index contributed by atoms with van der Waals surface area (Å²) in [5.41, 5.74) is 7.02. The van der Waals surface area contributed by atoms with Gasteiger partial charge < -0.3 is 15.4 Å². The highest BCUT2D eigenvalue weighted by Gasteiger charge is 2.10. The first-order chi connectivity index (χ1) is 8.22. The molecular weight excluding hydrogens is 219 g/mol. The standard InChI is InChI=1S/C13H21FN2O/c1-3-16(8-9-17-2)13-5-4-11(6-7-15)10-12(13)14/h4-5,10H,3,6-9,15H2,1-2H3. The average Bonchev–Trinajstić information content (AvgIpc) is 2.32. The van der Waals surface area contributed by atoms with Crippen LogP contribution in [-0.2, 0) is 11.2 Å². The number of halogens is 1. The van der Waals surface area contributed by atoms with Crippen LogP contribution in [0.3, 0.4) is 0 Å². The first kappa shape index (κ1) is 13.9. The number of likely N-dealkylation sites (N-methyl/N-ethyl adjacent to an activating group) is 1. The molecule has 3 nitrogen and oxygen atoms in total. The molecule has 0 saturated carbocycles. The van der Waals surface area contributed by atoms with Crippen LogP contribution in [0.5, 0.6) is 0 Å². The van der Waals surface area contributed by atoms with Crippen LogP contribution >= 0.6 is 0 Å². The molecule has 0 fully saturated rings.